The molecule has 0 atom stereocenters. The zero-order valence-electron chi connectivity index (χ0n) is 10.4. The molecule has 0 aliphatic heterocycles. The zero-order valence-corrected chi connectivity index (χ0v) is 11.2. The van der Waals surface area contributed by atoms with Gasteiger partial charge in [0.1, 0.15) is 5.75 Å². The molecule has 0 saturated carbocycles. The van der Waals surface area contributed by atoms with E-state index in [1.807, 2.05) is 24.5 Å². The van der Waals surface area contributed by atoms with Crippen LogP contribution in [-0.4, -0.2) is 17.3 Å². The zero-order chi connectivity index (χ0) is 13.8. The maximum atomic E-state index is 12.1. The van der Waals surface area contributed by atoms with Crippen LogP contribution in [0.3, 0.4) is 0 Å². The number of anilines is 2. The van der Waals surface area contributed by atoms with Crippen molar-refractivity contribution in [2.24, 2.45) is 0 Å². The van der Waals surface area contributed by atoms with E-state index >= 15 is 0 Å². The molecule has 2 rings (SSSR count). The van der Waals surface area contributed by atoms with Gasteiger partial charge in [0.25, 0.3) is 5.91 Å². The predicted octanol–water partition coefficient (Wildman–Crippen LogP) is 2.95. The third-order valence-electron chi connectivity index (χ3n) is 2.61. The molecule has 0 aliphatic rings. The third-order valence-corrected chi connectivity index (χ3v) is 3.33. The van der Waals surface area contributed by atoms with Gasteiger partial charge >= 0.3 is 0 Å². The average Bonchev–Trinajstić information content (AvgIpc) is 2.41. The SMILES string of the molecule is CSc1cccc(NC(=O)c2cc(O)ccc2N)c1. The van der Waals surface area contributed by atoms with E-state index in [0.717, 1.165) is 4.90 Å². The number of phenolic OH excluding ortho intramolecular Hbond substituents is 1. The van der Waals surface area contributed by atoms with Gasteiger partial charge in [-0.3, -0.25) is 4.79 Å². The smallest absolute Gasteiger partial charge is 0.257 e. The molecule has 19 heavy (non-hydrogen) atoms. The molecule has 0 spiro atoms. The van der Waals surface area contributed by atoms with E-state index in [9.17, 15) is 9.90 Å². The Morgan fingerprint density at radius 1 is 1.26 bits per heavy atom. The largest absolute Gasteiger partial charge is 0.508 e. The highest BCUT2D eigenvalue weighted by molar-refractivity contribution is 7.98. The maximum Gasteiger partial charge on any atom is 0.257 e. The van der Waals surface area contributed by atoms with Gasteiger partial charge < -0.3 is 16.2 Å². The van der Waals surface area contributed by atoms with Gasteiger partial charge in [-0.1, -0.05) is 6.07 Å². The first-order valence-electron chi connectivity index (χ1n) is 5.64. The van der Waals surface area contributed by atoms with Crippen molar-refractivity contribution < 1.29 is 9.90 Å². The molecule has 0 bridgehead atoms. The van der Waals surface area contributed by atoms with Gasteiger partial charge in [-0.2, -0.15) is 0 Å². The van der Waals surface area contributed by atoms with Crippen LogP contribution in [0.2, 0.25) is 0 Å². The summed E-state index contributed by atoms with van der Waals surface area (Å²) < 4.78 is 0. The molecular formula is C14H14N2O2S. The molecule has 0 fully saturated rings. The summed E-state index contributed by atoms with van der Waals surface area (Å²) in [7, 11) is 0. The first-order chi connectivity index (χ1) is 9.10. The van der Waals surface area contributed by atoms with Crippen LogP contribution in [0.25, 0.3) is 0 Å². The highest BCUT2D eigenvalue weighted by Crippen LogP contribution is 2.22. The van der Waals surface area contributed by atoms with Crippen molar-refractivity contribution in [1.29, 1.82) is 0 Å². The van der Waals surface area contributed by atoms with E-state index < -0.39 is 0 Å². The minimum absolute atomic E-state index is 0.0113. The molecule has 4 nitrogen and oxygen atoms in total. The molecule has 2 aromatic carbocycles. The summed E-state index contributed by atoms with van der Waals surface area (Å²) in [5.74, 6) is -0.330. The number of hydrogen-bond donors (Lipinski definition) is 3. The quantitative estimate of drug-likeness (QED) is 0.457. The van der Waals surface area contributed by atoms with Crippen molar-refractivity contribution in [2.45, 2.75) is 4.90 Å². The van der Waals surface area contributed by atoms with Crippen LogP contribution in [-0.2, 0) is 0 Å². The number of nitrogens with one attached hydrogen (secondary N) is 1. The van der Waals surface area contributed by atoms with Gasteiger partial charge in [-0.15, -0.1) is 11.8 Å². The third kappa shape index (κ3) is 3.20. The van der Waals surface area contributed by atoms with Crippen molar-refractivity contribution in [3.05, 3.63) is 48.0 Å². The van der Waals surface area contributed by atoms with Crippen LogP contribution in [0, 0.1) is 0 Å². The van der Waals surface area contributed by atoms with E-state index in [1.165, 1.54) is 18.2 Å². The van der Waals surface area contributed by atoms with E-state index in [1.54, 1.807) is 17.8 Å². The topological polar surface area (TPSA) is 75.3 Å². The summed E-state index contributed by atoms with van der Waals surface area (Å²) in [5.41, 5.74) is 7.01. The van der Waals surface area contributed by atoms with Crippen LogP contribution >= 0.6 is 11.8 Å². The lowest BCUT2D eigenvalue weighted by Gasteiger charge is -2.08. The second-order valence-electron chi connectivity index (χ2n) is 3.96. The minimum atomic E-state index is -0.341. The molecule has 1 amide bonds. The average molecular weight is 274 g/mol. The highest BCUT2D eigenvalue weighted by Gasteiger charge is 2.11. The van der Waals surface area contributed by atoms with Crippen LogP contribution in [0.15, 0.2) is 47.4 Å². The first-order valence-corrected chi connectivity index (χ1v) is 6.86. The number of carbonyl (C=O) groups excluding carboxylic acids is 1. The normalized spacial score (nSPS) is 10.2. The number of rotatable bonds is 3. The molecule has 0 heterocycles. The van der Waals surface area contributed by atoms with Crippen molar-refractivity contribution in [3.63, 3.8) is 0 Å². The number of amides is 1. The number of phenols is 1. The second kappa shape index (κ2) is 5.67. The number of thioether (sulfide) groups is 1. The molecular weight excluding hydrogens is 260 g/mol. The Morgan fingerprint density at radius 3 is 2.79 bits per heavy atom. The van der Waals surface area contributed by atoms with E-state index in [4.69, 9.17) is 5.73 Å². The number of nitrogens with two attached hydrogens (primary N) is 1. The summed E-state index contributed by atoms with van der Waals surface area (Å²) >= 11 is 1.60. The standard InChI is InChI=1S/C14H14N2O2S/c1-19-11-4-2-3-9(7-11)16-14(18)12-8-10(17)5-6-13(12)15/h2-8,17H,15H2,1H3,(H,16,18). The molecule has 0 aromatic heterocycles. The summed E-state index contributed by atoms with van der Waals surface area (Å²) in [6.45, 7) is 0. The Labute approximate surface area is 115 Å². The summed E-state index contributed by atoms with van der Waals surface area (Å²) in [4.78, 5) is 13.1. The molecule has 0 radical (unpaired) electrons. The van der Waals surface area contributed by atoms with E-state index in [2.05, 4.69) is 5.32 Å². The van der Waals surface area contributed by atoms with Gasteiger partial charge in [0.15, 0.2) is 0 Å². The summed E-state index contributed by atoms with van der Waals surface area (Å²) in [6, 6.07) is 11.8. The van der Waals surface area contributed by atoms with Gasteiger partial charge in [0, 0.05) is 16.3 Å². The molecule has 2 aromatic rings. The summed E-state index contributed by atoms with van der Waals surface area (Å²) in [5, 5.41) is 12.2. The molecule has 0 unspecified atom stereocenters. The van der Waals surface area contributed by atoms with Crippen molar-refractivity contribution in [2.75, 3.05) is 17.3 Å². The molecule has 0 saturated heterocycles. The summed E-state index contributed by atoms with van der Waals surface area (Å²) in [6.07, 6.45) is 1.97. The fraction of sp³-hybridized carbons (Fsp3) is 0.0714. The minimum Gasteiger partial charge on any atom is -0.508 e. The van der Waals surface area contributed by atoms with Gasteiger partial charge in [0.05, 0.1) is 5.56 Å². The maximum absolute atomic E-state index is 12.1. The lowest BCUT2D eigenvalue weighted by molar-refractivity contribution is 0.102. The number of nitrogen functional groups attached to an aromatic ring is 1. The molecule has 98 valence electrons. The number of hydrogen-bond acceptors (Lipinski definition) is 4. The number of benzene rings is 2. The fourth-order valence-electron chi connectivity index (χ4n) is 1.64. The predicted molar refractivity (Wildman–Crippen MR) is 78.7 cm³/mol. The monoisotopic (exact) mass is 274 g/mol. The second-order valence-corrected chi connectivity index (χ2v) is 4.84. The molecule has 0 aliphatic carbocycles. The van der Waals surface area contributed by atoms with Crippen LogP contribution in [0.4, 0.5) is 11.4 Å². The first kappa shape index (κ1) is 13.3. The lowest BCUT2D eigenvalue weighted by atomic mass is 10.1. The van der Waals surface area contributed by atoms with Crippen molar-refractivity contribution in [1.82, 2.24) is 0 Å². The van der Waals surface area contributed by atoms with Crippen LogP contribution in [0.1, 0.15) is 10.4 Å². The van der Waals surface area contributed by atoms with Gasteiger partial charge in [-0.25, -0.2) is 0 Å². The number of aromatic hydroxyl groups is 1. The van der Waals surface area contributed by atoms with Crippen molar-refractivity contribution >= 4 is 29.0 Å². The molecule has 4 N–H and O–H groups in total. The van der Waals surface area contributed by atoms with Gasteiger partial charge in [0.2, 0.25) is 0 Å². The number of carbonyl (C=O) groups is 1. The highest BCUT2D eigenvalue weighted by atomic mass is 32.2. The lowest BCUT2D eigenvalue weighted by Crippen LogP contribution is -2.13. The Bertz CT molecular complexity index is 614. The van der Waals surface area contributed by atoms with Crippen LogP contribution in [0.5, 0.6) is 5.75 Å². The Hall–Kier alpha value is -2.14. The molecule has 5 heteroatoms. The van der Waals surface area contributed by atoms with E-state index in [-0.39, 0.29) is 17.2 Å². The Morgan fingerprint density at radius 2 is 2.05 bits per heavy atom. The fourth-order valence-corrected chi connectivity index (χ4v) is 2.10. The van der Waals surface area contributed by atoms with E-state index in [0.29, 0.717) is 11.4 Å². The van der Waals surface area contributed by atoms with Crippen LogP contribution < -0.4 is 11.1 Å². The van der Waals surface area contributed by atoms with Gasteiger partial charge in [-0.05, 0) is 42.7 Å². The van der Waals surface area contributed by atoms with Crippen molar-refractivity contribution in [3.8, 4) is 5.75 Å². The Kier molecular flexibility index (Phi) is 3.97. The Balaban J connectivity index is 2.23.